The number of benzene rings is 2. The molecule has 0 aromatic heterocycles. The van der Waals surface area contributed by atoms with E-state index < -0.39 is 0 Å². The molecule has 1 atom stereocenters. The number of aryl methyl sites for hydroxylation is 2. The van der Waals surface area contributed by atoms with Gasteiger partial charge in [0.25, 0.3) is 0 Å². The first kappa shape index (κ1) is 23.6. The maximum atomic E-state index is 13.0. The van der Waals surface area contributed by atoms with Crippen LogP contribution >= 0.6 is 8.58 Å². The average molecular weight is 381 g/mol. The molecule has 0 radical (unpaired) electrons. The summed E-state index contributed by atoms with van der Waals surface area (Å²) >= 11 is 0. The molecule has 0 N–H and O–H groups in total. The quantitative estimate of drug-likeness (QED) is 0.490. The summed E-state index contributed by atoms with van der Waals surface area (Å²) in [6, 6.07) is 9.59. The Kier molecular flexibility index (Phi) is 9.95. The fourth-order valence-electron chi connectivity index (χ4n) is 2.83. The van der Waals surface area contributed by atoms with Gasteiger partial charge in [-0.05, 0) is 54.3 Å². The molecule has 2 aromatic carbocycles. The van der Waals surface area contributed by atoms with Gasteiger partial charge in [0.1, 0.15) is 17.2 Å². The van der Waals surface area contributed by atoms with E-state index in [-0.39, 0.29) is 33.0 Å². The van der Waals surface area contributed by atoms with Crippen LogP contribution in [0.1, 0.15) is 42.3 Å². The van der Waals surface area contributed by atoms with Crippen molar-refractivity contribution in [1.29, 1.82) is 0 Å². The molecule has 0 fully saturated rings. The van der Waals surface area contributed by atoms with Crippen molar-refractivity contribution in [2.75, 3.05) is 19.8 Å². The van der Waals surface area contributed by atoms with Gasteiger partial charge in [-0.15, -0.1) is 0 Å². The van der Waals surface area contributed by atoms with Crippen molar-refractivity contribution in [2.45, 2.75) is 34.6 Å². The standard InChI is InChI=1S/C21H27O4P.Li/c1-6-23-16-12-17(24-7-2)20(18(13-16)25-8-3)26-21(22)19-14(4)10-9-11-15(19)5;/h9-13,26H,6-8H2,1-5H3;/q;+1. The van der Waals surface area contributed by atoms with Crippen molar-refractivity contribution in [3.8, 4) is 17.2 Å². The van der Waals surface area contributed by atoms with E-state index in [9.17, 15) is 4.79 Å². The molecule has 4 nitrogen and oxygen atoms in total. The van der Waals surface area contributed by atoms with Crippen LogP contribution in [0.5, 0.6) is 17.2 Å². The van der Waals surface area contributed by atoms with E-state index in [4.69, 9.17) is 14.2 Å². The molecule has 27 heavy (non-hydrogen) atoms. The van der Waals surface area contributed by atoms with Gasteiger partial charge in [0, 0.05) is 17.7 Å². The van der Waals surface area contributed by atoms with E-state index in [1.165, 1.54) is 0 Å². The maximum Gasteiger partial charge on any atom is 1.00 e. The number of rotatable bonds is 9. The van der Waals surface area contributed by atoms with Crippen molar-refractivity contribution < 1.29 is 37.9 Å². The monoisotopic (exact) mass is 381 g/mol. The Morgan fingerprint density at radius 3 is 1.81 bits per heavy atom. The normalized spacial score (nSPS) is 10.6. The molecule has 0 saturated carbocycles. The van der Waals surface area contributed by atoms with Crippen LogP contribution in [0.4, 0.5) is 0 Å². The summed E-state index contributed by atoms with van der Waals surface area (Å²) in [6.45, 7) is 11.3. The molecule has 0 aliphatic rings. The third kappa shape index (κ3) is 6.01. The molecule has 0 aliphatic carbocycles. The van der Waals surface area contributed by atoms with E-state index in [0.29, 0.717) is 37.1 Å². The molecule has 0 heterocycles. The molecule has 0 bridgehead atoms. The van der Waals surface area contributed by atoms with Crippen molar-refractivity contribution in [3.05, 3.63) is 47.0 Å². The molecule has 0 aliphatic heterocycles. The van der Waals surface area contributed by atoms with E-state index >= 15 is 0 Å². The molecule has 0 spiro atoms. The van der Waals surface area contributed by atoms with Crippen LogP contribution < -0.4 is 38.4 Å². The second-order valence-electron chi connectivity index (χ2n) is 5.81. The zero-order chi connectivity index (χ0) is 19.1. The average Bonchev–Trinajstić information content (AvgIpc) is 2.58. The number of hydrogen-bond acceptors (Lipinski definition) is 4. The first-order valence-corrected chi connectivity index (χ1v) is 9.95. The van der Waals surface area contributed by atoms with Crippen LogP contribution in [-0.2, 0) is 0 Å². The fraction of sp³-hybridized carbons (Fsp3) is 0.381. The van der Waals surface area contributed by atoms with Gasteiger partial charge >= 0.3 is 18.9 Å². The summed E-state index contributed by atoms with van der Waals surface area (Å²) in [5.74, 6) is 1.99. The number of carbonyl (C=O) groups excluding carboxylic acids is 1. The molecule has 6 heteroatoms. The predicted octanol–water partition coefficient (Wildman–Crippen LogP) is 1.65. The van der Waals surface area contributed by atoms with E-state index in [2.05, 4.69) is 0 Å². The first-order chi connectivity index (χ1) is 12.5. The summed E-state index contributed by atoms with van der Waals surface area (Å²) in [7, 11) is -0.0802. The Hall–Kier alpha value is -1.46. The molecular weight excluding hydrogens is 354 g/mol. The van der Waals surface area contributed by atoms with Crippen LogP contribution in [0.3, 0.4) is 0 Å². The van der Waals surface area contributed by atoms with Crippen LogP contribution in [0.15, 0.2) is 30.3 Å². The minimum absolute atomic E-state index is 0. The van der Waals surface area contributed by atoms with E-state index in [1.807, 2.05) is 65.0 Å². The largest absolute Gasteiger partial charge is 1.00 e. The molecule has 2 aromatic rings. The number of hydrogen-bond donors (Lipinski definition) is 0. The van der Waals surface area contributed by atoms with Gasteiger partial charge in [0.2, 0.25) is 0 Å². The minimum atomic E-state index is -0.0802. The summed E-state index contributed by atoms with van der Waals surface area (Å²) in [4.78, 5) is 13.0. The second kappa shape index (κ2) is 11.4. The Morgan fingerprint density at radius 2 is 1.37 bits per heavy atom. The van der Waals surface area contributed by atoms with Crippen LogP contribution in [0.2, 0.25) is 0 Å². The zero-order valence-corrected chi connectivity index (χ0v) is 18.1. The topological polar surface area (TPSA) is 44.8 Å². The molecule has 2 rings (SSSR count). The van der Waals surface area contributed by atoms with E-state index in [0.717, 1.165) is 22.0 Å². The van der Waals surface area contributed by atoms with Gasteiger partial charge in [0.05, 0.1) is 25.1 Å². The Morgan fingerprint density at radius 1 is 0.889 bits per heavy atom. The SMILES string of the molecule is CCOc1cc(OCC)c(PC(=O)c2c(C)cccc2C)c(OCC)c1.[Li+]. The van der Waals surface area contributed by atoms with Crippen molar-refractivity contribution in [3.63, 3.8) is 0 Å². The van der Waals surface area contributed by atoms with Gasteiger partial charge in [-0.25, -0.2) is 0 Å². The third-order valence-electron chi connectivity index (χ3n) is 3.90. The first-order valence-electron chi connectivity index (χ1n) is 8.95. The van der Waals surface area contributed by atoms with Gasteiger partial charge in [-0.2, -0.15) is 0 Å². The summed E-state index contributed by atoms with van der Waals surface area (Å²) in [6.07, 6.45) is 0. The van der Waals surface area contributed by atoms with E-state index in [1.54, 1.807) is 0 Å². The van der Waals surface area contributed by atoms with Crippen molar-refractivity contribution in [2.24, 2.45) is 0 Å². The molecule has 0 amide bonds. The third-order valence-corrected chi connectivity index (χ3v) is 5.12. The van der Waals surface area contributed by atoms with Crippen LogP contribution in [0, 0.1) is 13.8 Å². The molecule has 0 saturated heterocycles. The van der Waals surface area contributed by atoms with Gasteiger partial charge in [-0.1, -0.05) is 18.2 Å². The summed E-state index contributed by atoms with van der Waals surface area (Å²) < 4.78 is 17.2. The number of ether oxygens (including phenoxy) is 3. The Bertz CT molecular complexity index is 730. The smallest absolute Gasteiger partial charge is 0.494 e. The van der Waals surface area contributed by atoms with Crippen LogP contribution in [0.25, 0.3) is 0 Å². The minimum Gasteiger partial charge on any atom is -0.494 e. The summed E-state index contributed by atoms with van der Waals surface area (Å²) in [5, 5.41) is 0.796. The zero-order valence-electron chi connectivity index (χ0n) is 17.1. The molecule has 1 unspecified atom stereocenters. The van der Waals surface area contributed by atoms with Crippen molar-refractivity contribution >= 4 is 19.4 Å². The van der Waals surface area contributed by atoms with Crippen LogP contribution in [-0.4, -0.2) is 25.3 Å². The molecular formula is C21H27LiO4P+. The number of carbonyl (C=O) groups is 1. The molecule has 140 valence electrons. The van der Waals surface area contributed by atoms with Gasteiger partial charge < -0.3 is 14.2 Å². The second-order valence-corrected chi connectivity index (χ2v) is 7.02. The van der Waals surface area contributed by atoms with Gasteiger partial charge in [0.15, 0.2) is 5.52 Å². The van der Waals surface area contributed by atoms with Gasteiger partial charge in [-0.3, -0.25) is 4.79 Å². The Labute approximate surface area is 175 Å². The van der Waals surface area contributed by atoms with Crippen molar-refractivity contribution in [1.82, 2.24) is 0 Å². The maximum absolute atomic E-state index is 13.0. The Balaban J connectivity index is 0.00000364. The fourth-order valence-corrected chi connectivity index (χ4v) is 4.11. The summed E-state index contributed by atoms with van der Waals surface area (Å²) in [5.41, 5.74) is 2.85. The predicted molar refractivity (Wildman–Crippen MR) is 108 cm³/mol.